The first-order chi connectivity index (χ1) is 14.4. The van der Waals surface area contributed by atoms with Gasteiger partial charge in [-0.2, -0.15) is 0 Å². The number of aromatic amines is 1. The summed E-state index contributed by atoms with van der Waals surface area (Å²) in [5, 5.41) is 0.699. The van der Waals surface area contributed by atoms with Crippen molar-refractivity contribution in [2.24, 2.45) is 0 Å². The number of sulfonamides is 1. The molecule has 0 atom stereocenters. The number of aromatic nitrogens is 2. The van der Waals surface area contributed by atoms with Crippen LogP contribution >= 0.6 is 0 Å². The average molecular weight is 425 g/mol. The van der Waals surface area contributed by atoms with E-state index in [-0.39, 0.29) is 11.3 Å². The Morgan fingerprint density at radius 2 is 1.87 bits per heavy atom. The van der Waals surface area contributed by atoms with Crippen LogP contribution in [0.3, 0.4) is 0 Å². The van der Waals surface area contributed by atoms with Crippen LogP contribution in [0.25, 0.3) is 22.2 Å². The van der Waals surface area contributed by atoms with Crippen LogP contribution in [0.5, 0.6) is 0 Å². The molecule has 2 N–H and O–H groups in total. The molecule has 5 rings (SSSR count). The van der Waals surface area contributed by atoms with E-state index < -0.39 is 10.0 Å². The second kappa shape index (κ2) is 6.84. The van der Waals surface area contributed by atoms with Crippen molar-refractivity contribution in [1.29, 1.82) is 0 Å². The van der Waals surface area contributed by atoms with E-state index in [4.69, 9.17) is 0 Å². The molecule has 8 heteroatoms. The summed E-state index contributed by atoms with van der Waals surface area (Å²) in [5.74, 6) is 0.632. The van der Waals surface area contributed by atoms with Crippen molar-refractivity contribution in [1.82, 2.24) is 9.97 Å². The van der Waals surface area contributed by atoms with Crippen molar-refractivity contribution in [3.63, 3.8) is 0 Å². The van der Waals surface area contributed by atoms with E-state index in [2.05, 4.69) is 14.7 Å². The Morgan fingerprint density at radius 3 is 2.53 bits per heavy atom. The van der Waals surface area contributed by atoms with E-state index in [0.717, 1.165) is 65.4 Å². The molecule has 2 aliphatic carbocycles. The lowest BCUT2D eigenvalue weighted by Crippen LogP contribution is -2.24. The van der Waals surface area contributed by atoms with Crippen LogP contribution < -0.4 is 9.62 Å². The number of nitrogens with zero attached hydrogens (tertiary/aromatic N) is 2. The number of carbonyl (C=O) groups excluding carboxylic acids is 1. The summed E-state index contributed by atoms with van der Waals surface area (Å²) in [6.45, 7) is 3.93. The fourth-order valence-corrected chi connectivity index (χ4v) is 5.35. The van der Waals surface area contributed by atoms with Crippen molar-refractivity contribution in [2.45, 2.75) is 50.8 Å². The number of nitrogens with one attached hydrogen (secondary N) is 2. The number of H-pyrrole nitrogens is 1. The van der Waals surface area contributed by atoms with Crippen LogP contribution in [0.1, 0.15) is 36.8 Å². The lowest BCUT2D eigenvalue weighted by atomic mass is 9.94. The standard InChI is InChI=1S/C22H24N4O3S/c1-13-14(2)20(25-30(28,29)16-5-6-16)8-7-17(13)19-11-21(26(12-27)15-3-4-15)24-22-18(19)9-10-23-22/h7-12,15-16,25H,3-6H2,1-2H3,(H,23,24). The van der Waals surface area contributed by atoms with E-state index in [1.165, 1.54) is 0 Å². The third-order valence-electron chi connectivity index (χ3n) is 6.13. The minimum Gasteiger partial charge on any atom is -0.346 e. The number of hydrogen-bond acceptors (Lipinski definition) is 4. The predicted octanol–water partition coefficient (Wildman–Crippen LogP) is 3.88. The lowest BCUT2D eigenvalue weighted by molar-refractivity contribution is -0.107. The van der Waals surface area contributed by atoms with Gasteiger partial charge in [0.1, 0.15) is 11.5 Å². The topological polar surface area (TPSA) is 95.2 Å². The Kier molecular flexibility index (Phi) is 4.36. The van der Waals surface area contributed by atoms with Crippen molar-refractivity contribution in [3.05, 3.63) is 41.6 Å². The van der Waals surface area contributed by atoms with Crippen LogP contribution in [-0.4, -0.2) is 36.1 Å². The van der Waals surface area contributed by atoms with Crippen LogP contribution in [0.2, 0.25) is 0 Å². The van der Waals surface area contributed by atoms with E-state index in [9.17, 15) is 13.2 Å². The summed E-state index contributed by atoms with van der Waals surface area (Å²) in [7, 11) is -3.32. The van der Waals surface area contributed by atoms with Crippen LogP contribution in [-0.2, 0) is 14.8 Å². The largest absolute Gasteiger partial charge is 0.346 e. The summed E-state index contributed by atoms with van der Waals surface area (Å²) in [6, 6.07) is 7.92. The molecule has 30 heavy (non-hydrogen) atoms. The zero-order valence-corrected chi connectivity index (χ0v) is 17.8. The first kappa shape index (κ1) is 19.1. The number of benzene rings is 1. The molecule has 7 nitrogen and oxygen atoms in total. The molecule has 3 aromatic rings. The van der Waals surface area contributed by atoms with E-state index in [1.807, 2.05) is 44.3 Å². The highest BCUT2D eigenvalue weighted by Crippen LogP contribution is 2.38. The lowest BCUT2D eigenvalue weighted by Gasteiger charge is -2.19. The van der Waals surface area contributed by atoms with Gasteiger partial charge >= 0.3 is 0 Å². The summed E-state index contributed by atoms with van der Waals surface area (Å²) < 4.78 is 27.5. The van der Waals surface area contributed by atoms with Crippen LogP contribution in [0.15, 0.2) is 30.5 Å². The molecule has 1 amide bonds. The van der Waals surface area contributed by atoms with Gasteiger partial charge in [0.25, 0.3) is 0 Å². The Hall–Kier alpha value is -2.87. The predicted molar refractivity (Wildman–Crippen MR) is 118 cm³/mol. The SMILES string of the molecule is Cc1c(NS(=O)(=O)C2CC2)ccc(-c2cc(N(C=O)C3CC3)nc3[nH]ccc23)c1C. The molecule has 2 heterocycles. The quantitative estimate of drug-likeness (QED) is 0.563. The molecule has 0 radical (unpaired) electrons. The first-order valence-corrected chi connectivity index (χ1v) is 11.8. The molecule has 0 spiro atoms. The highest BCUT2D eigenvalue weighted by atomic mass is 32.2. The van der Waals surface area contributed by atoms with E-state index in [1.54, 1.807) is 4.90 Å². The van der Waals surface area contributed by atoms with Gasteiger partial charge in [0.15, 0.2) is 0 Å². The Balaban J connectivity index is 1.60. The molecule has 0 saturated heterocycles. The van der Waals surface area contributed by atoms with Gasteiger partial charge in [0, 0.05) is 17.6 Å². The second-order valence-corrected chi connectivity index (χ2v) is 10.2. The smallest absolute Gasteiger partial charge is 0.235 e. The van der Waals surface area contributed by atoms with Gasteiger partial charge in [-0.3, -0.25) is 14.4 Å². The molecule has 0 aliphatic heterocycles. The zero-order chi connectivity index (χ0) is 21.0. The number of pyridine rings is 1. The van der Waals surface area contributed by atoms with E-state index >= 15 is 0 Å². The van der Waals surface area contributed by atoms with Gasteiger partial charge in [-0.15, -0.1) is 0 Å². The molecule has 2 saturated carbocycles. The minimum atomic E-state index is -3.32. The maximum absolute atomic E-state index is 12.4. The molecule has 0 bridgehead atoms. The van der Waals surface area contributed by atoms with Gasteiger partial charge in [-0.05, 0) is 80.0 Å². The van der Waals surface area contributed by atoms with Gasteiger partial charge in [-0.1, -0.05) is 6.07 Å². The fraction of sp³-hybridized carbons (Fsp3) is 0.364. The number of rotatable bonds is 7. The van der Waals surface area contributed by atoms with Crippen LogP contribution in [0, 0.1) is 13.8 Å². The third-order valence-corrected chi connectivity index (χ3v) is 7.98. The van der Waals surface area contributed by atoms with Crippen molar-refractivity contribution >= 4 is 39.0 Å². The molecule has 2 fully saturated rings. The normalized spacial score (nSPS) is 16.6. The fourth-order valence-electron chi connectivity index (χ4n) is 3.90. The third kappa shape index (κ3) is 3.25. The number of fused-ring (bicyclic) bond motifs is 1. The molecule has 156 valence electrons. The molecule has 0 unspecified atom stereocenters. The van der Waals surface area contributed by atoms with E-state index in [0.29, 0.717) is 11.5 Å². The number of anilines is 2. The number of carbonyl (C=O) groups is 1. The molecule has 1 aromatic carbocycles. The maximum Gasteiger partial charge on any atom is 0.235 e. The molecule has 2 aliphatic rings. The Bertz CT molecular complexity index is 1260. The van der Waals surface area contributed by atoms with Gasteiger partial charge in [0.05, 0.1) is 10.9 Å². The summed E-state index contributed by atoms with van der Waals surface area (Å²) in [6.07, 6.45) is 6.13. The van der Waals surface area contributed by atoms with Crippen molar-refractivity contribution in [3.8, 4) is 11.1 Å². The maximum atomic E-state index is 12.4. The number of amides is 1. The summed E-state index contributed by atoms with van der Waals surface area (Å²) >= 11 is 0. The molecular formula is C22H24N4O3S. The zero-order valence-electron chi connectivity index (χ0n) is 17.0. The highest BCUT2D eigenvalue weighted by Gasteiger charge is 2.36. The van der Waals surface area contributed by atoms with Crippen molar-refractivity contribution < 1.29 is 13.2 Å². The first-order valence-electron chi connectivity index (χ1n) is 10.2. The monoisotopic (exact) mass is 424 g/mol. The average Bonchev–Trinajstić information content (AvgIpc) is 3.63. The highest BCUT2D eigenvalue weighted by molar-refractivity contribution is 7.93. The Labute approximate surface area is 175 Å². The van der Waals surface area contributed by atoms with Crippen LogP contribution in [0.4, 0.5) is 11.5 Å². The van der Waals surface area contributed by atoms with Gasteiger partial charge in [0.2, 0.25) is 16.4 Å². The molecular weight excluding hydrogens is 400 g/mol. The Morgan fingerprint density at radius 1 is 1.10 bits per heavy atom. The molecule has 2 aromatic heterocycles. The summed E-state index contributed by atoms with van der Waals surface area (Å²) in [4.78, 5) is 21.2. The van der Waals surface area contributed by atoms with Gasteiger partial charge < -0.3 is 4.98 Å². The van der Waals surface area contributed by atoms with Gasteiger partial charge in [-0.25, -0.2) is 13.4 Å². The number of hydrogen-bond donors (Lipinski definition) is 2. The minimum absolute atomic E-state index is 0.220. The van der Waals surface area contributed by atoms with Crippen molar-refractivity contribution in [2.75, 3.05) is 9.62 Å². The second-order valence-electron chi connectivity index (χ2n) is 8.27. The summed E-state index contributed by atoms with van der Waals surface area (Å²) in [5.41, 5.74) is 5.21.